The third-order valence-electron chi connectivity index (χ3n) is 4.02. The summed E-state index contributed by atoms with van der Waals surface area (Å²) >= 11 is 0. The second-order valence-electron chi connectivity index (χ2n) is 5.80. The van der Waals surface area contributed by atoms with Crippen LogP contribution in [0.25, 0.3) is 10.8 Å². The number of rotatable bonds is 9. The SMILES string of the molecule is CCCCCCCCCCc1[c]c2ccccc2cc1. The average molecular weight is 267 g/mol. The third kappa shape index (κ3) is 5.00. The van der Waals surface area contributed by atoms with Crippen molar-refractivity contribution in [3.05, 3.63) is 48.0 Å². The van der Waals surface area contributed by atoms with Gasteiger partial charge in [-0.3, -0.25) is 0 Å². The maximum atomic E-state index is 3.55. The van der Waals surface area contributed by atoms with Gasteiger partial charge in [0, 0.05) is 0 Å². The number of fused-ring (bicyclic) bond motifs is 1. The molecule has 0 unspecified atom stereocenters. The third-order valence-corrected chi connectivity index (χ3v) is 4.02. The number of benzene rings is 2. The van der Waals surface area contributed by atoms with Gasteiger partial charge in [0.1, 0.15) is 0 Å². The Balaban J connectivity index is 1.65. The summed E-state index contributed by atoms with van der Waals surface area (Å²) in [5.74, 6) is 0. The van der Waals surface area contributed by atoms with E-state index in [-0.39, 0.29) is 0 Å². The molecule has 2 aromatic rings. The van der Waals surface area contributed by atoms with Gasteiger partial charge in [-0.05, 0) is 35.2 Å². The van der Waals surface area contributed by atoms with Crippen LogP contribution in [-0.4, -0.2) is 0 Å². The first-order chi connectivity index (χ1) is 9.90. The Morgan fingerprint density at radius 1 is 0.750 bits per heavy atom. The Bertz CT molecular complexity index is 498. The fourth-order valence-electron chi connectivity index (χ4n) is 2.76. The van der Waals surface area contributed by atoms with Crippen molar-refractivity contribution in [2.45, 2.75) is 64.7 Å². The fourth-order valence-corrected chi connectivity index (χ4v) is 2.76. The normalized spacial score (nSPS) is 11.1. The highest BCUT2D eigenvalue weighted by atomic mass is 14.0. The van der Waals surface area contributed by atoms with E-state index in [1.54, 1.807) is 0 Å². The molecule has 107 valence electrons. The van der Waals surface area contributed by atoms with E-state index in [2.05, 4.69) is 49.4 Å². The van der Waals surface area contributed by atoms with E-state index in [0.29, 0.717) is 0 Å². The predicted molar refractivity (Wildman–Crippen MR) is 89.1 cm³/mol. The summed E-state index contributed by atoms with van der Waals surface area (Å²) in [6, 6.07) is 16.5. The minimum Gasteiger partial charge on any atom is -0.0654 e. The molecular formula is C20H27. The van der Waals surface area contributed by atoms with Gasteiger partial charge in [0.25, 0.3) is 0 Å². The van der Waals surface area contributed by atoms with Crippen LogP contribution in [-0.2, 0) is 6.42 Å². The predicted octanol–water partition coefficient (Wildman–Crippen LogP) is 6.32. The Morgan fingerprint density at radius 2 is 1.45 bits per heavy atom. The molecule has 1 radical (unpaired) electrons. The standard InChI is InChI=1S/C20H27/c1-2-3-4-5-6-7-8-9-12-18-15-16-19-13-10-11-14-20(19)17-18/h10-11,13-16H,2-9,12H2,1H3. The molecule has 2 aromatic carbocycles. The lowest BCUT2D eigenvalue weighted by Gasteiger charge is -2.04. The molecule has 0 bridgehead atoms. The zero-order valence-electron chi connectivity index (χ0n) is 12.8. The minimum atomic E-state index is 1.18. The molecule has 0 aromatic heterocycles. The molecular weight excluding hydrogens is 240 g/mol. The maximum absolute atomic E-state index is 3.55. The Kier molecular flexibility index (Phi) is 6.63. The van der Waals surface area contributed by atoms with Crippen molar-refractivity contribution < 1.29 is 0 Å². The zero-order valence-corrected chi connectivity index (χ0v) is 12.8. The van der Waals surface area contributed by atoms with Crippen LogP contribution in [0.4, 0.5) is 0 Å². The molecule has 0 nitrogen and oxygen atoms in total. The zero-order chi connectivity index (χ0) is 14.0. The summed E-state index contributed by atoms with van der Waals surface area (Å²) in [7, 11) is 0. The van der Waals surface area contributed by atoms with Gasteiger partial charge in [-0.1, -0.05) is 88.3 Å². The molecule has 0 aliphatic rings. The van der Waals surface area contributed by atoms with Crippen molar-refractivity contribution in [1.29, 1.82) is 0 Å². The van der Waals surface area contributed by atoms with Crippen molar-refractivity contribution in [1.82, 2.24) is 0 Å². The van der Waals surface area contributed by atoms with E-state index in [1.807, 2.05) is 0 Å². The number of hydrogen-bond donors (Lipinski definition) is 0. The Hall–Kier alpha value is -1.30. The molecule has 0 spiro atoms. The largest absolute Gasteiger partial charge is 0.0654 e. The topological polar surface area (TPSA) is 0 Å². The Labute approximate surface area is 124 Å². The molecule has 0 fully saturated rings. The van der Waals surface area contributed by atoms with Crippen LogP contribution in [0.2, 0.25) is 0 Å². The lowest BCUT2D eigenvalue weighted by Crippen LogP contribution is -1.87. The molecule has 0 saturated heterocycles. The summed E-state index contributed by atoms with van der Waals surface area (Å²) in [5.41, 5.74) is 1.37. The van der Waals surface area contributed by atoms with E-state index in [0.717, 1.165) is 0 Å². The molecule has 0 heterocycles. The summed E-state index contributed by atoms with van der Waals surface area (Å²) in [4.78, 5) is 0. The lowest BCUT2D eigenvalue weighted by atomic mass is 10.0. The van der Waals surface area contributed by atoms with E-state index in [4.69, 9.17) is 0 Å². The molecule has 0 atom stereocenters. The van der Waals surface area contributed by atoms with Gasteiger partial charge in [-0.25, -0.2) is 0 Å². The highest BCUT2D eigenvalue weighted by molar-refractivity contribution is 5.82. The summed E-state index contributed by atoms with van der Waals surface area (Å²) in [5, 5.41) is 2.55. The molecule has 0 aliphatic carbocycles. The molecule has 0 N–H and O–H groups in total. The van der Waals surface area contributed by atoms with Gasteiger partial charge in [0.2, 0.25) is 0 Å². The van der Waals surface area contributed by atoms with E-state index >= 15 is 0 Å². The van der Waals surface area contributed by atoms with Gasteiger partial charge >= 0.3 is 0 Å². The second kappa shape index (κ2) is 8.79. The van der Waals surface area contributed by atoms with Gasteiger partial charge in [0.05, 0.1) is 0 Å². The number of aryl methyl sites for hydroxylation is 1. The molecule has 2 rings (SSSR count). The van der Waals surface area contributed by atoms with Gasteiger partial charge in [-0.2, -0.15) is 0 Å². The first kappa shape index (κ1) is 15.1. The second-order valence-corrected chi connectivity index (χ2v) is 5.80. The fraction of sp³-hybridized carbons (Fsp3) is 0.500. The van der Waals surface area contributed by atoms with E-state index in [1.165, 1.54) is 74.1 Å². The summed E-state index contributed by atoms with van der Waals surface area (Å²) in [6.45, 7) is 2.28. The molecule has 0 aliphatic heterocycles. The van der Waals surface area contributed by atoms with E-state index in [9.17, 15) is 0 Å². The molecule has 20 heavy (non-hydrogen) atoms. The first-order valence-corrected chi connectivity index (χ1v) is 8.30. The minimum absolute atomic E-state index is 1.18. The van der Waals surface area contributed by atoms with Crippen molar-refractivity contribution in [2.75, 3.05) is 0 Å². The van der Waals surface area contributed by atoms with E-state index < -0.39 is 0 Å². The highest BCUT2D eigenvalue weighted by Crippen LogP contribution is 2.17. The van der Waals surface area contributed by atoms with Crippen LogP contribution >= 0.6 is 0 Å². The van der Waals surface area contributed by atoms with Crippen molar-refractivity contribution in [2.24, 2.45) is 0 Å². The molecule has 0 saturated carbocycles. The summed E-state index contributed by atoms with van der Waals surface area (Å²) < 4.78 is 0. The van der Waals surface area contributed by atoms with Crippen LogP contribution in [0.3, 0.4) is 0 Å². The lowest BCUT2D eigenvalue weighted by molar-refractivity contribution is 0.575. The molecule has 0 heteroatoms. The van der Waals surface area contributed by atoms with Crippen LogP contribution in [0.1, 0.15) is 63.9 Å². The number of hydrogen-bond acceptors (Lipinski definition) is 0. The Morgan fingerprint density at radius 3 is 2.25 bits per heavy atom. The first-order valence-electron chi connectivity index (χ1n) is 8.30. The van der Waals surface area contributed by atoms with Crippen molar-refractivity contribution >= 4 is 10.8 Å². The summed E-state index contributed by atoms with van der Waals surface area (Å²) in [6.07, 6.45) is 12.3. The number of unbranched alkanes of at least 4 members (excludes halogenated alkanes) is 7. The smallest absolute Gasteiger partial charge is 0.00643 e. The highest BCUT2D eigenvalue weighted by Gasteiger charge is 1.97. The van der Waals surface area contributed by atoms with Crippen LogP contribution in [0.5, 0.6) is 0 Å². The quantitative estimate of drug-likeness (QED) is 0.466. The van der Waals surface area contributed by atoms with Gasteiger partial charge in [0.15, 0.2) is 0 Å². The van der Waals surface area contributed by atoms with Crippen molar-refractivity contribution in [3.63, 3.8) is 0 Å². The molecule has 0 amide bonds. The van der Waals surface area contributed by atoms with Crippen LogP contribution < -0.4 is 0 Å². The van der Waals surface area contributed by atoms with Gasteiger partial charge in [-0.15, -0.1) is 0 Å². The van der Waals surface area contributed by atoms with Crippen LogP contribution in [0, 0.1) is 6.07 Å². The van der Waals surface area contributed by atoms with Crippen molar-refractivity contribution in [3.8, 4) is 0 Å². The average Bonchev–Trinajstić information content (AvgIpc) is 2.50. The van der Waals surface area contributed by atoms with Crippen LogP contribution in [0.15, 0.2) is 36.4 Å². The monoisotopic (exact) mass is 267 g/mol. The maximum Gasteiger partial charge on any atom is -0.00643 e. The van der Waals surface area contributed by atoms with Gasteiger partial charge < -0.3 is 0 Å².